The molecule has 0 aliphatic rings. The van der Waals surface area contributed by atoms with Crippen LogP contribution in [0.5, 0.6) is 11.5 Å². The second-order valence-electron chi connectivity index (χ2n) is 5.81. The zero-order valence-electron chi connectivity index (χ0n) is 15.7. The molecular formula is C20H27N3O3. The minimum atomic E-state index is -0.0645. The van der Waals surface area contributed by atoms with Gasteiger partial charge in [0.2, 0.25) is 0 Å². The highest BCUT2D eigenvalue weighted by atomic mass is 16.5. The Balaban J connectivity index is 1.84. The predicted molar refractivity (Wildman–Crippen MR) is 102 cm³/mol. The molecule has 2 amide bonds. The van der Waals surface area contributed by atoms with Crippen LogP contribution in [-0.4, -0.2) is 49.8 Å². The maximum absolute atomic E-state index is 12.4. The van der Waals surface area contributed by atoms with Gasteiger partial charge in [-0.05, 0) is 49.2 Å². The smallest absolute Gasteiger partial charge is 0.317 e. The van der Waals surface area contributed by atoms with Crippen molar-refractivity contribution in [2.75, 3.05) is 33.9 Å². The van der Waals surface area contributed by atoms with Gasteiger partial charge in [-0.1, -0.05) is 6.07 Å². The third kappa shape index (κ3) is 5.65. The first kappa shape index (κ1) is 19.6. The van der Waals surface area contributed by atoms with Gasteiger partial charge in [0.15, 0.2) is 0 Å². The third-order valence-corrected chi connectivity index (χ3v) is 4.19. The number of hydrogen-bond acceptors (Lipinski definition) is 4. The number of likely N-dealkylation sites (N-methyl/N-ethyl adjacent to an activating group) is 1. The van der Waals surface area contributed by atoms with E-state index >= 15 is 0 Å². The van der Waals surface area contributed by atoms with Gasteiger partial charge >= 0.3 is 6.03 Å². The summed E-state index contributed by atoms with van der Waals surface area (Å²) in [5, 5.41) is 2.98. The topological polar surface area (TPSA) is 63.7 Å². The maximum Gasteiger partial charge on any atom is 0.317 e. The van der Waals surface area contributed by atoms with Crippen LogP contribution in [0.4, 0.5) is 4.79 Å². The van der Waals surface area contributed by atoms with E-state index in [1.807, 2.05) is 43.3 Å². The molecule has 6 heteroatoms. The predicted octanol–water partition coefficient (Wildman–Crippen LogP) is 2.92. The summed E-state index contributed by atoms with van der Waals surface area (Å²) in [5.74, 6) is 1.57. The minimum absolute atomic E-state index is 0.0645. The van der Waals surface area contributed by atoms with Gasteiger partial charge in [-0.15, -0.1) is 0 Å². The number of nitrogens with zero attached hydrogens (tertiary/aromatic N) is 2. The largest absolute Gasteiger partial charge is 0.497 e. The third-order valence-electron chi connectivity index (χ3n) is 4.19. The Morgan fingerprint density at radius 2 is 2.00 bits per heavy atom. The average Bonchev–Trinajstić information content (AvgIpc) is 2.69. The Bertz CT molecular complexity index is 692. The van der Waals surface area contributed by atoms with Gasteiger partial charge in [-0.25, -0.2) is 4.79 Å². The molecule has 0 unspecified atom stereocenters. The van der Waals surface area contributed by atoms with Crippen LogP contribution in [0.3, 0.4) is 0 Å². The zero-order valence-corrected chi connectivity index (χ0v) is 15.7. The second kappa shape index (κ2) is 10.3. The molecule has 140 valence electrons. The molecule has 0 saturated carbocycles. The van der Waals surface area contributed by atoms with Crippen molar-refractivity contribution in [2.45, 2.75) is 19.8 Å². The summed E-state index contributed by atoms with van der Waals surface area (Å²) >= 11 is 0. The normalized spacial score (nSPS) is 10.3. The highest BCUT2D eigenvalue weighted by Crippen LogP contribution is 2.24. The summed E-state index contributed by atoms with van der Waals surface area (Å²) in [6, 6.07) is 11.4. The summed E-state index contributed by atoms with van der Waals surface area (Å²) in [4.78, 5) is 18.5. The number of pyridine rings is 1. The number of nitrogens with one attached hydrogen (secondary N) is 1. The van der Waals surface area contributed by atoms with E-state index in [4.69, 9.17) is 9.47 Å². The molecule has 1 aromatic heterocycles. The van der Waals surface area contributed by atoms with E-state index in [0.29, 0.717) is 26.1 Å². The molecule has 0 saturated heterocycles. The average molecular weight is 357 g/mol. The molecule has 0 fully saturated rings. The summed E-state index contributed by atoms with van der Waals surface area (Å²) < 4.78 is 10.6. The first-order valence-electron chi connectivity index (χ1n) is 8.81. The highest BCUT2D eigenvalue weighted by Gasteiger charge is 2.12. The Kier molecular flexibility index (Phi) is 7.74. The van der Waals surface area contributed by atoms with E-state index in [2.05, 4.69) is 10.3 Å². The summed E-state index contributed by atoms with van der Waals surface area (Å²) in [7, 11) is 3.27. The number of methoxy groups -OCH3 is 2. The molecule has 1 heterocycles. The SMILES string of the molecule is CCN(CCc1ccccn1)C(=O)NCCc1cc(OC)ccc1OC. The van der Waals surface area contributed by atoms with Crippen molar-refractivity contribution < 1.29 is 14.3 Å². The Morgan fingerprint density at radius 3 is 2.65 bits per heavy atom. The van der Waals surface area contributed by atoms with Crippen LogP contribution in [-0.2, 0) is 12.8 Å². The fraction of sp³-hybridized carbons (Fsp3) is 0.400. The molecule has 0 aliphatic carbocycles. The van der Waals surface area contributed by atoms with Gasteiger partial charge in [-0.2, -0.15) is 0 Å². The first-order valence-corrected chi connectivity index (χ1v) is 8.81. The molecule has 2 rings (SSSR count). The van der Waals surface area contributed by atoms with Crippen molar-refractivity contribution in [2.24, 2.45) is 0 Å². The molecule has 0 bridgehead atoms. The van der Waals surface area contributed by atoms with Crippen LogP contribution in [0.2, 0.25) is 0 Å². The van der Waals surface area contributed by atoms with Crippen LogP contribution in [0.25, 0.3) is 0 Å². The van der Waals surface area contributed by atoms with Crippen molar-refractivity contribution >= 4 is 6.03 Å². The molecule has 6 nitrogen and oxygen atoms in total. The first-order chi connectivity index (χ1) is 12.7. The molecule has 0 aliphatic heterocycles. The number of aromatic nitrogens is 1. The minimum Gasteiger partial charge on any atom is -0.497 e. The number of ether oxygens (including phenoxy) is 2. The van der Waals surface area contributed by atoms with E-state index in [0.717, 1.165) is 29.2 Å². The van der Waals surface area contributed by atoms with Crippen LogP contribution < -0.4 is 14.8 Å². The van der Waals surface area contributed by atoms with Crippen molar-refractivity contribution in [3.05, 3.63) is 53.9 Å². The van der Waals surface area contributed by atoms with E-state index in [1.165, 1.54) is 0 Å². The molecule has 1 N–H and O–H groups in total. The number of benzene rings is 1. The van der Waals surface area contributed by atoms with Gasteiger partial charge in [-0.3, -0.25) is 4.98 Å². The van der Waals surface area contributed by atoms with E-state index in [1.54, 1.807) is 25.3 Å². The number of amides is 2. The molecule has 26 heavy (non-hydrogen) atoms. The van der Waals surface area contributed by atoms with Gasteiger partial charge < -0.3 is 19.7 Å². The van der Waals surface area contributed by atoms with Gasteiger partial charge in [0.25, 0.3) is 0 Å². The van der Waals surface area contributed by atoms with E-state index < -0.39 is 0 Å². The van der Waals surface area contributed by atoms with Crippen molar-refractivity contribution in [3.8, 4) is 11.5 Å². The molecule has 0 spiro atoms. The lowest BCUT2D eigenvalue weighted by Gasteiger charge is -2.21. The van der Waals surface area contributed by atoms with Gasteiger partial charge in [0.05, 0.1) is 14.2 Å². The fourth-order valence-electron chi connectivity index (χ4n) is 2.69. The maximum atomic E-state index is 12.4. The summed E-state index contributed by atoms with van der Waals surface area (Å²) in [6.45, 7) is 3.80. The zero-order chi connectivity index (χ0) is 18.8. The number of urea groups is 1. The Labute approximate surface area is 155 Å². The Morgan fingerprint density at radius 1 is 1.15 bits per heavy atom. The standard InChI is InChI=1S/C20H27N3O3/c1-4-23(14-11-17-7-5-6-12-21-17)20(24)22-13-10-16-15-18(25-2)8-9-19(16)26-3/h5-9,12,15H,4,10-11,13-14H2,1-3H3,(H,22,24). The lowest BCUT2D eigenvalue weighted by Crippen LogP contribution is -2.41. The lowest BCUT2D eigenvalue weighted by molar-refractivity contribution is 0.201. The number of carbonyl (C=O) groups excluding carboxylic acids is 1. The van der Waals surface area contributed by atoms with Crippen molar-refractivity contribution in [1.82, 2.24) is 15.2 Å². The van der Waals surface area contributed by atoms with Crippen molar-refractivity contribution in [1.29, 1.82) is 0 Å². The van der Waals surface area contributed by atoms with Gasteiger partial charge in [0, 0.05) is 37.9 Å². The quantitative estimate of drug-likeness (QED) is 0.749. The second-order valence-corrected chi connectivity index (χ2v) is 5.81. The Hall–Kier alpha value is -2.76. The molecule has 1 aromatic carbocycles. The number of hydrogen-bond donors (Lipinski definition) is 1. The van der Waals surface area contributed by atoms with Crippen LogP contribution >= 0.6 is 0 Å². The highest BCUT2D eigenvalue weighted by molar-refractivity contribution is 5.74. The van der Waals surface area contributed by atoms with E-state index in [9.17, 15) is 4.79 Å². The molecular weight excluding hydrogens is 330 g/mol. The summed E-state index contributed by atoms with van der Waals surface area (Å²) in [6.07, 6.45) is 3.18. The van der Waals surface area contributed by atoms with Crippen LogP contribution in [0.15, 0.2) is 42.6 Å². The summed E-state index contributed by atoms with van der Waals surface area (Å²) in [5.41, 5.74) is 1.99. The number of rotatable bonds is 9. The van der Waals surface area contributed by atoms with Crippen LogP contribution in [0.1, 0.15) is 18.2 Å². The van der Waals surface area contributed by atoms with E-state index in [-0.39, 0.29) is 6.03 Å². The lowest BCUT2D eigenvalue weighted by atomic mass is 10.1. The fourth-order valence-corrected chi connectivity index (χ4v) is 2.69. The molecule has 0 atom stereocenters. The molecule has 2 aromatic rings. The van der Waals surface area contributed by atoms with Crippen molar-refractivity contribution in [3.63, 3.8) is 0 Å². The monoisotopic (exact) mass is 357 g/mol. The van der Waals surface area contributed by atoms with Crippen LogP contribution in [0, 0.1) is 0 Å². The van der Waals surface area contributed by atoms with Gasteiger partial charge in [0.1, 0.15) is 11.5 Å². The number of carbonyl (C=O) groups is 1. The molecule has 0 radical (unpaired) electrons.